The third-order valence-corrected chi connectivity index (χ3v) is 4.39. The van der Waals surface area contributed by atoms with E-state index in [-0.39, 0.29) is 24.1 Å². The van der Waals surface area contributed by atoms with Crippen molar-refractivity contribution in [2.75, 3.05) is 13.2 Å². The van der Waals surface area contributed by atoms with E-state index in [0.29, 0.717) is 30.8 Å². The lowest BCUT2D eigenvalue weighted by Crippen LogP contribution is -2.52. The first-order valence-electron chi connectivity index (χ1n) is 8.74. The van der Waals surface area contributed by atoms with Gasteiger partial charge in [-0.15, -0.1) is 0 Å². The number of amides is 2. The molecule has 0 radical (unpaired) electrons. The van der Waals surface area contributed by atoms with Crippen molar-refractivity contribution >= 4 is 12.0 Å². The number of hydrogen-bond donors (Lipinski definition) is 3. The number of ether oxygens (including phenoxy) is 1. The molecular formula is C19H27N3O3. The van der Waals surface area contributed by atoms with Gasteiger partial charge in [-0.2, -0.15) is 0 Å². The zero-order valence-corrected chi connectivity index (χ0v) is 15.3. The summed E-state index contributed by atoms with van der Waals surface area (Å²) in [5.74, 6) is -0.387. The van der Waals surface area contributed by atoms with Gasteiger partial charge in [0.05, 0.1) is 18.2 Å². The monoisotopic (exact) mass is 345 g/mol. The molecule has 0 aliphatic carbocycles. The van der Waals surface area contributed by atoms with Crippen LogP contribution < -0.4 is 16.0 Å². The van der Waals surface area contributed by atoms with Gasteiger partial charge >= 0.3 is 12.0 Å². The first kappa shape index (κ1) is 19.0. The van der Waals surface area contributed by atoms with E-state index in [1.165, 1.54) is 11.1 Å². The molecule has 136 valence electrons. The molecule has 2 amide bonds. The highest BCUT2D eigenvalue weighted by Crippen LogP contribution is 2.19. The Labute approximate surface area is 149 Å². The van der Waals surface area contributed by atoms with Crippen molar-refractivity contribution in [3.63, 3.8) is 0 Å². The fourth-order valence-corrected chi connectivity index (χ4v) is 3.04. The Balaban J connectivity index is 2.21. The van der Waals surface area contributed by atoms with Gasteiger partial charge in [-0.05, 0) is 38.3 Å². The predicted octanol–water partition coefficient (Wildman–Crippen LogP) is 2.55. The number of benzene rings is 1. The predicted molar refractivity (Wildman–Crippen MR) is 97.0 cm³/mol. The lowest BCUT2D eigenvalue weighted by Gasteiger charge is -2.29. The summed E-state index contributed by atoms with van der Waals surface area (Å²) in [6.07, 6.45) is 0.623. The van der Waals surface area contributed by atoms with Gasteiger partial charge in [-0.3, -0.25) is 0 Å². The Kier molecular flexibility index (Phi) is 6.58. The lowest BCUT2D eigenvalue weighted by molar-refractivity contribution is -0.139. The Morgan fingerprint density at radius 1 is 1.32 bits per heavy atom. The molecule has 1 aromatic rings. The van der Waals surface area contributed by atoms with E-state index in [0.717, 1.165) is 0 Å². The quantitative estimate of drug-likeness (QED) is 0.664. The van der Waals surface area contributed by atoms with Gasteiger partial charge in [-0.25, -0.2) is 9.59 Å². The molecule has 1 heterocycles. The van der Waals surface area contributed by atoms with E-state index in [4.69, 9.17) is 4.74 Å². The number of esters is 1. The molecule has 0 saturated heterocycles. The van der Waals surface area contributed by atoms with Gasteiger partial charge in [0.1, 0.15) is 0 Å². The van der Waals surface area contributed by atoms with Crippen molar-refractivity contribution in [3.8, 4) is 0 Å². The molecule has 0 bridgehead atoms. The van der Waals surface area contributed by atoms with Gasteiger partial charge < -0.3 is 20.7 Å². The average Bonchev–Trinajstić information content (AvgIpc) is 2.59. The Bertz CT molecular complexity index is 670. The van der Waals surface area contributed by atoms with E-state index in [1.807, 2.05) is 19.1 Å². The number of carbonyl (C=O) groups excluding carboxylic acids is 2. The number of carbonyl (C=O) groups is 2. The fourth-order valence-electron chi connectivity index (χ4n) is 3.04. The highest BCUT2D eigenvalue weighted by Gasteiger charge is 2.31. The summed E-state index contributed by atoms with van der Waals surface area (Å²) in [5, 5.41) is 8.93. The Morgan fingerprint density at radius 2 is 2.04 bits per heavy atom. The molecule has 0 aromatic heterocycles. The number of urea groups is 1. The molecule has 2 unspecified atom stereocenters. The van der Waals surface area contributed by atoms with Crippen molar-refractivity contribution in [1.29, 1.82) is 0 Å². The fraction of sp³-hybridized carbons (Fsp3) is 0.474. The second kappa shape index (κ2) is 8.67. The van der Waals surface area contributed by atoms with Gasteiger partial charge in [0.2, 0.25) is 0 Å². The van der Waals surface area contributed by atoms with Crippen LogP contribution in [0.2, 0.25) is 0 Å². The molecule has 0 spiro atoms. The molecule has 0 saturated carbocycles. The summed E-state index contributed by atoms with van der Waals surface area (Å²) >= 11 is 0. The van der Waals surface area contributed by atoms with Crippen LogP contribution in [0.3, 0.4) is 0 Å². The van der Waals surface area contributed by atoms with Gasteiger partial charge in [0.25, 0.3) is 0 Å². The van der Waals surface area contributed by atoms with Crippen LogP contribution >= 0.6 is 0 Å². The first-order valence-corrected chi connectivity index (χ1v) is 8.74. The number of aryl methyl sites for hydroxylation is 1. The zero-order chi connectivity index (χ0) is 18.4. The molecule has 3 N–H and O–H groups in total. The summed E-state index contributed by atoms with van der Waals surface area (Å²) in [4.78, 5) is 24.3. The minimum atomic E-state index is -0.387. The van der Waals surface area contributed by atoms with Crippen LogP contribution in [0.1, 0.15) is 44.4 Å². The molecule has 2 rings (SSSR count). The lowest BCUT2D eigenvalue weighted by atomic mass is 9.99. The van der Waals surface area contributed by atoms with Crippen LogP contribution in [0.4, 0.5) is 4.79 Å². The van der Waals surface area contributed by atoms with Gasteiger partial charge in [-0.1, -0.05) is 31.2 Å². The first-order chi connectivity index (χ1) is 12.0. The molecule has 6 heteroatoms. The third kappa shape index (κ3) is 4.60. The molecule has 25 heavy (non-hydrogen) atoms. The number of rotatable bonds is 7. The largest absolute Gasteiger partial charge is 0.463 e. The van der Waals surface area contributed by atoms with Crippen LogP contribution in [0, 0.1) is 6.92 Å². The van der Waals surface area contributed by atoms with Gasteiger partial charge in [0.15, 0.2) is 0 Å². The normalized spacial score (nSPS) is 18.4. The second-order valence-electron chi connectivity index (χ2n) is 6.13. The molecule has 6 nitrogen and oxygen atoms in total. The molecule has 1 aromatic carbocycles. The van der Waals surface area contributed by atoms with Crippen LogP contribution in [0.15, 0.2) is 35.5 Å². The zero-order valence-electron chi connectivity index (χ0n) is 15.3. The second-order valence-corrected chi connectivity index (χ2v) is 6.13. The van der Waals surface area contributed by atoms with Crippen LogP contribution in [0.25, 0.3) is 0 Å². The van der Waals surface area contributed by atoms with Gasteiger partial charge in [0, 0.05) is 18.3 Å². The molecule has 2 atom stereocenters. The summed E-state index contributed by atoms with van der Waals surface area (Å²) in [5.41, 5.74) is 3.46. The Morgan fingerprint density at radius 3 is 2.68 bits per heavy atom. The van der Waals surface area contributed by atoms with Crippen molar-refractivity contribution < 1.29 is 14.3 Å². The van der Waals surface area contributed by atoms with Crippen LogP contribution in [-0.2, 0) is 9.53 Å². The minimum Gasteiger partial charge on any atom is -0.463 e. The number of hydrogen-bond acceptors (Lipinski definition) is 4. The molecule has 1 aliphatic rings. The highest BCUT2D eigenvalue weighted by atomic mass is 16.5. The Hall–Kier alpha value is -2.34. The minimum absolute atomic E-state index is 0.0870. The number of nitrogens with one attached hydrogen (secondary N) is 3. The topological polar surface area (TPSA) is 79.5 Å². The van der Waals surface area contributed by atoms with E-state index in [9.17, 15) is 9.59 Å². The molecule has 1 aliphatic heterocycles. The molecule has 0 fully saturated rings. The van der Waals surface area contributed by atoms with Crippen LogP contribution in [-0.4, -0.2) is 31.2 Å². The maximum Gasteiger partial charge on any atom is 0.337 e. The van der Waals surface area contributed by atoms with Crippen molar-refractivity contribution in [3.05, 3.63) is 46.7 Å². The maximum absolute atomic E-state index is 12.4. The summed E-state index contributed by atoms with van der Waals surface area (Å²) < 4.78 is 5.17. The highest BCUT2D eigenvalue weighted by molar-refractivity contribution is 5.94. The SMILES string of the molecule is CCOC(=O)C1=C(CNC(C)c2ccccc2C)NC(=O)NC1CC. The van der Waals surface area contributed by atoms with Crippen molar-refractivity contribution in [2.45, 2.75) is 46.2 Å². The summed E-state index contributed by atoms with van der Waals surface area (Å²) in [7, 11) is 0. The standard InChI is InChI=1S/C19H27N3O3/c1-5-15-17(18(23)25-6-2)16(22-19(24)21-15)11-20-13(4)14-10-8-7-9-12(14)3/h7-10,13,15,20H,5-6,11H2,1-4H3,(H2,21,22,24). The average molecular weight is 345 g/mol. The van der Waals surface area contributed by atoms with Crippen molar-refractivity contribution in [2.24, 2.45) is 0 Å². The summed E-state index contributed by atoms with van der Waals surface area (Å²) in [6, 6.07) is 7.61. The molecular weight excluding hydrogens is 318 g/mol. The van der Waals surface area contributed by atoms with E-state index in [2.05, 4.69) is 41.9 Å². The van der Waals surface area contributed by atoms with Crippen molar-refractivity contribution in [1.82, 2.24) is 16.0 Å². The maximum atomic E-state index is 12.4. The summed E-state index contributed by atoms with van der Waals surface area (Å²) in [6.45, 7) is 8.51. The van der Waals surface area contributed by atoms with Crippen LogP contribution in [0.5, 0.6) is 0 Å². The van der Waals surface area contributed by atoms with E-state index >= 15 is 0 Å². The smallest absolute Gasteiger partial charge is 0.337 e. The van der Waals surface area contributed by atoms with E-state index < -0.39 is 0 Å². The third-order valence-electron chi connectivity index (χ3n) is 4.39. The van der Waals surface area contributed by atoms with E-state index in [1.54, 1.807) is 6.92 Å².